The van der Waals surface area contributed by atoms with Crippen LogP contribution in [0.3, 0.4) is 0 Å². The largest absolute Gasteiger partial charge is 0.474 e. The molecule has 0 aromatic carbocycles. The molecule has 0 bridgehead atoms. The highest BCUT2D eigenvalue weighted by molar-refractivity contribution is 5.16. The lowest BCUT2D eigenvalue weighted by molar-refractivity contribution is 0.201. The van der Waals surface area contributed by atoms with E-state index in [2.05, 4.69) is 11.1 Å². The van der Waals surface area contributed by atoms with Crippen molar-refractivity contribution in [3.8, 4) is 5.88 Å². The molecule has 0 spiro atoms. The molecule has 2 nitrogen and oxygen atoms in total. The molecule has 0 aliphatic heterocycles. The fraction of sp³-hybridized carbons (Fsp3) is 0.545. The first-order chi connectivity index (χ1) is 6.34. The Morgan fingerprint density at radius 1 is 1.46 bits per heavy atom. The second kappa shape index (κ2) is 3.77. The third kappa shape index (κ3) is 2.20. The normalized spacial score (nSPS) is 17.6. The monoisotopic (exact) mass is 176 g/mol. The number of aryl methyl sites for hydroxylation is 1. The van der Waals surface area contributed by atoms with Crippen LogP contribution in [0.1, 0.15) is 31.2 Å². The molecule has 1 aliphatic rings. The summed E-state index contributed by atoms with van der Waals surface area (Å²) in [6.45, 7) is 2.00. The van der Waals surface area contributed by atoms with Gasteiger partial charge in [-0.15, -0.1) is 0 Å². The predicted molar refractivity (Wildman–Crippen MR) is 50.7 cm³/mol. The molecule has 1 saturated carbocycles. The van der Waals surface area contributed by atoms with Crippen molar-refractivity contribution in [2.75, 3.05) is 0 Å². The quantitative estimate of drug-likeness (QED) is 0.690. The average molecular weight is 176 g/mol. The van der Waals surface area contributed by atoms with Crippen molar-refractivity contribution >= 4 is 0 Å². The molecule has 1 aliphatic carbocycles. The molecule has 2 heteroatoms. The highest BCUT2D eigenvalue weighted by Crippen LogP contribution is 2.22. The predicted octanol–water partition coefficient (Wildman–Crippen LogP) is 2.51. The minimum atomic E-state index is 0.380. The van der Waals surface area contributed by atoms with Gasteiger partial charge >= 0.3 is 0 Å². The first-order valence-electron chi connectivity index (χ1n) is 4.86. The van der Waals surface area contributed by atoms with Gasteiger partial charge in [-0.3, -0.25) is 0 Å². The van der Waals surface area contributed by atoms with Crippen molar-refractivity contribution in [2.24, 2.45) is 0 Å². The van der Waals surface area contributed by atoms with E-state index in [-0.39, 0.29) is 0 Å². The zero-order valence-electron chi connectivity index (χ0n) is 7.92. The van der Waals surface area contributed by atoms with Crippen molar-refractivity contribution in [3.05, 3.63) is 23.9 Å². The standard InChI is InChI=1S/C11H14NO/c1-9-6-7-12-11(8-9)13-10-4-2-3-5-10/h6-7,10H,2-5H2,1H3. The van der Waals surface area contributed by atoms with E-state index in [0.29, 0.717) is 12.0 Å². The lowest BCUT2D eigenvalue weighted by Gasteiger charge is -2.11. The molecule has 1 radical (unpaired) electrons. The summed E-state index contributed by atoms with van der Waals surface area (Å²) < 4.78 is 5.69. The second-order valence-electron chi connectivity index (χ2n) is 3.58. The van der Waals surface area contributed by atoms with Gasteiger partial charge in [-0.05, 0) is 44.2 Å². The van der Waals surface area contributed by atoms with Gasteiger partial charge < -0.3 is 4.74 Å². The maximum absolute atomic E-state index is 5.69. The molecule has 0 unspecified atom stereocenters. The molecule has 13 heavy (non-hydrogen) atoms. The minimum Gasteiger partial charge on any atom is -0.474 e. The molecule has 69 valence electrons. The van der Waals surface area contributed by atoms with E-state index in [9.17, 15) is 0 Å². The summed E-state index contributed by atoms with van der Waals surface area (Å²) >= 11 is 0. The highest BCUT2D eigenvalue weighted by Gasteiger charge is 2.16. The summed E-state index contributed by atoms with van der Waals surface area (Å²) in [6.07, 6.45) is 7.07. The summed E-state index contributed by atoms with van der Waals surface area (Å²) in [4.78, 5) is 4.13. The molecule has 0 amide bonds. The van der Waals surface area contributed by atoms with Gasteiger partial charge in [0.2, 0.25) is 5.88 Å². The van der Waals surface area contributed by atoms with Gasteiger partial charge in [0.15, 0.2) is 0 Å². The third-order valence-electron chi connectivity index (χ3n) is 2.40. The van der Waals surface area contributed by atoms with Crippen LogP contribution in [0.2, 0.25) is 0 Å². The molecule has 1 aromatic heterocycles. The summed E-state index contributed by atoms with van der Waals surface area (Å²) in [7, 11) is 0. The van der Waals surface area contributed by atoms with Gasteiger partial charge in [-0.1, -0.05) is 0 Å². The van der Waals surface area contributed by atoms with E-state index in [1.54, 1.807) is 6.20 Å². The zero-order valence-corrected chi connectivity index (χ0v) is 7.92. The molecule has 0 atom stereocenters. The van der Waals surface area contributed by atoms with Crippen LogP contribution in [0.4, 0.5) is 0 Å². The van der Waals surface area contributed by atoms with E-state index in [1.807, 2.05) is 13.0 Å². The number of hydrogen-bond donors (Lipinski definition) is 0. The Balaban J connectivity index is 2.00. The number of aromatic nitrogens is 1. The van der Waals surface area contributed by atoms with Gasteiger partial charge in [0.05, 0.1) is 6.07 Å². The van der Waals surface area contributed by atoms with Crippen LogP contribution in [0.15, 0.2) is 12.3 Å². The van der Waals surface area contributed by atoms with Crippen molar-refractivity contribution in [2.45, 2.75) is 38.7 Å². The molecule has 1 heterocycles. The first-order valence-corrected chi connectivity index (χ1v) is 4.86. The Bertz CT molecular complexity index is 279. The second-order valence-corrected chi connectivity index (χ2v) is 3.58. The minimum absolute atomic E-state index is 0.380. The SMILES string of the molecule is Cc1[c]c(OC2CCCC2)ncc1. The van der Waals surface area contributed by atoms with Gasteiger partial charge in [0.25, 0.3) is 0 Å². The molecule has 2 rings (SSSR count). The van der Waals surface area contributed by atoms with Gasteiger partial charge in [0, 0.05) is 6.20 Å². The smallest absolute Gasteiger partial charge is 0.222 e. The van der Waals surface area contributed by atoms with E-state index >= 15 is 0 Å². The molecule has 0 N–H and O–H groups in total. The highest BCUT2D eigenvalue weighted by atomic mass is 16.5. The first kappa shape index (κ1) is 8.54. The Morgan fingerprint density at radius 2 is 2.23 bits per heavy atom. The average Bonchev–Trinajstić information content (AvgIpc) is 2.57. The topological polar surface area (TPSA) is 22.1 Å². The maximum Gasteiger partial charge on any atom is 0.222 e. The van der Waals surface area contributed by atoms with Crippen molar-refractivity contribution in [1.29, 1.82) is 0 Å². The van der Waals surface area contributed by atoms with Crippen LogP contribution < -0.4 is 4.74 Å². The van der Waals surface area contributed by atoms with Gasteiger partial charge in [-0.2, -0.15) is 0 Å². The van der Waals surface area contributed by atoms with Crippen LogP contribution in [-0.4, -0.2) is 11.1 Å². The van der Waals surface area contributed by atoms with Crippen LogP contribution in [0.5, 0.6) is 5.88 Å². The number of hydrogen-bond acceptors (Lipinski definition) is 2. The summed E-state index contributed by atoms with van der Waals surface area (Å²) in [5.41, 5.74) is 1.09. The molecular weight excluding hydrogens is 162 g/mol. The van der Waals surface area contributed by atoms with Crippen molar-refractivity contribution in [1.82, 2.24) is 4.98 Å². The molecule has 1 aromatic rings. The number of ether oxygens (including phenoxy) is 1. The summed E-state index contributed by atoms with van der Waals surface area (Å²) in [5.74, 6) is 0.659. The maximum atomic E-state index is 5.69. The van der Waals surface area contributed by atoms with Gasteiger partial charge in [-0.25, -0.2) is 4.98 Å². The fourth-order valence-electron chi connectivity index (χ4n) is 1.68. The summed E-state index contributed by atoms with van der Waals surface area (Å²) in [5, 5.41) is 0. The van der Waals surface area contributed by atoms with Crippen LogP contribution in [0, 0.1) is 13.0 Å². The molecule has 0 saturated heterocycles. The Kier molecular flexibility index (Phi) is 2.48. The molecular formula is C11H14NO. The lowest BCUT2D eigenvalue weighted by Crippen LogP contribution is -2.11. The van der Waals surface area contributed by atoms with Crippen molar-refractivity contribution in [3.63, 3.8) is 0 Å². The number of nitrogens with zero attached hydrogens (tertiary/aromatic N) is 1. The van der Waals surface area contributed by atoms with E-state index in [1.165, 1.54) is 25.7 Å². The third-order valence-corrected chi connectivity index (χ3v) is 2.40. The van der Waals surface area contributed by atoms with Crippen LogP contribution >= 0.6 is 0 Å². The van der Waals surface area contributed by atoms with Gasteiger partial charge in [0.1, 0.15) is 6.10 Å². The van der Waals surface area contributed by atoms with Crippen molar-refractivity contribution < 1.29 is 4.74 Å². The Labute approximate surface area is 78.9 Å². The number of pyridine rings is 1. The van der Waals surface area contributed by atoms with Crippen LogP contribution in [-0.2, 0) is 0 Å². The Hall–Kier alpha value is -1.05. The zero-order chi connectivity index (χ0) is 9.10. The number of rotatable bonds is 2. The lowest BCUT2D eigenvalue weighted by atomic mass is 10.3. The fourth-order valence-corrected chi connectivity index (χ4v) is 1.68. The summed E-state index contributed by atoms with van der Waals surface area (Å²) in [6, 6.07) is 5.03. The van der Waals surface area contributed by atoms with E-state index in [4.69, 9.17) is 4.74 Å². The molecule has 1 fully saturated rings. The van der Waals surface area contributed by atoms with Crippen LogP contribution in [0.25, 0.3) is 0 Å². The van der Waals surface area contributed by atoms with E-state index < -0.39 is 0 Å². The van der Waals surface area contributed by atoms with E-state index in [0.717, 1.165) is 5.56 Å². The Morgan fingerprint density at radius 3 is 2.92 bits per heavy atom.